The number of halogens is 1. The lowest BCUT2D eigenvalue weighted by Crippen LogP contribution is -2.19. The van der Waals surface area contributed by atoms with E-state index in [-0.39, 0.29) is 0 Å². The first kappa shape index (κ1) is 16.3. The molecule has 1 heterocycles. The van der Waals surface area contributed by atoms with E-state index in [1.165, 1.54) is 14.9 Å². The second-order valence-electron chi connectivity index (χ2n) is 5.72. The highest BCUT2D eigenvalue weighted by molar-refractivity contribution is 9.10. The summed E-state index contributed by atoms with van der Waals surface area (Å²) in [4.78, 5) is 1.35. The Morgan fingerprint density at radius 2 is 2.10 bits per heavy atom. The van der Waals surface area contributed by atoms with E-state index < -0.39 is 0 Å². The number of thioether (sulfide) groups is 1. The fourth-order valence-corrected chi connectivity index (χ4v) is 4.04. The zero-order valence-corrected chi connectivity index (χ0v) is 14.7. The normalized spacial score (nSPS) is 16.8. The maximum absolute atomic E-state index is 5.42. The van der Waals surface area contributed by atoms with Gasteiger partial charge in [-0.05, 0) is 58.9 Å². The Labute approximate surface area is 135 Å². The van der Waals surface area contributed by atoms with Crippen molar-refractivity contribution in [3.8, 4) is 0 Å². The predicted octanol–water partition coefficient (Wildman–Crippen LogP) is 4.47. The molecule has 1 N–H and O–H groups in total. The van der Waals surface area contributed by atoms with Crippen LogP contribution in [-0.4, -0.2) is 25.0 Å². The lowest BCUT2D eigenvalue weighted by molar-refractivity contribution is 0.100. The van der Waals surface area contributed by atoms with Crippen LogP contribution in [0.1, 0.15) is 32.3 Å². The minimum atomic E-state index is 0.696. The summed E-state index contributed by atoms with van der Waals surface area (Å²) in [6, 6.07) is 6.73. The summed E-state index contributed by atoms with van der Waals surface area (Å²) in [6.45, 7) is 8.29. The largest absolute Gasteiger partial charge is 0.381 e. The Bertz CT molecular complexity index is 419. The van der Waals surface area contributed by atoms with Gasteiger partial charge in [-0.2, -0.15) is 0 Å². The molecule has 1 aromatic carbocycles. The number of rotatable bonds is 6. The molecule has 112 valence electrons. The van der Waals surface area contributed by atoms with Crippen LogP contribution < -0.4 is 5.32 Å². The summed E-state index contributed by atoms with van der Waals surface area (Å²) in [7, 11) is 0. The van der Waals surface area contributed by atoms with Crippen molar-refractivity contribution in [3.63, 3.8) is 0 Å². The predicted molar refractivity (Wildman–Crippen MR) is 90.4 cm³/mol. The van der Waals surface area contributed by atoms with E-state index in [1.807, 2.05) is 11.8 Å². The summed E-state index contributed by atoms with van der Waals surface area (Å²) >= 11 is 5.70. The summed E-state index contributed by atoms with van der Waals surface area (Å²) in [5, 5.41) is 4.18. The van der Waals surface area contributed by atoms with Gasteiger partial charge in [-0.15, -0.1) is 11.8 Å². The highest BCUT2D eigenvalue weighted by Gasteiger charge is 2.16. The number of hydrogen-bond acceptors (Lipinski definition) is 3. The molecule has 0 amide bonds. The van der Waals surface area contributed by atoms with Gasteiger partial charge < -0.3 is 10.1 Å². The van der Waals surface area contributed by atoms with Crippen LogP contribution in [0, 0.1) is 5.92 Å². The number of ether oxygens (including phenoxy) is 1. The van der Waals surface area contributed by atoms with Gasteiger partial charge in [0.2, 0.25) is 0 Å². The fourth-order valence-electron chi connectivity index (χ4n) is 2.23. The van der Waals surface area contributed by atoms with Gasteiger partial charge in [0.05, 0.1) is 0 Å². The third-order valence-corrected chi connectivity index (χ3v) is 5.67. The highest BCUT2D eigenvalue weighted by atomic mass is 79.9. The average Bonchev–Trinajstić information content (AvgIpc) is 2.42. The third-order valence-electron chi connectivity index (χ3n) is 3.34. The molecular formula is C16H24BrNOS. The van der Waals surface area contributed by atoms with Crippen molar-refractivity contribution in [1.29, 1.82) is 0 Å². The van der Waals surface area contributed by atoms with Crippen molar-refractivity contribution in [1.82, 2.24) is 5.32 Å². The second kappa shape index (κ2) is 8.42. The maximum atomic E-state index is 5.42. The number of nitrogens with one attached hydrogen (secondary N) is 1. The zero-order chi connectivity index (χ0) is 14.4. The van der Waals surface area contributed by atoms with Gasteiger partial charge in [-0.3, -0.25) is 0 Å². The summed E-state index contributed by atoms with van der Waals surface area (Å²) in [6.07, 6.45) is 2.32. The Kier molecular flexibility index (Phi) is 6.88. The zero-order valence-electron chi connectivity index (χ0n) is 12.3. The molecule has 0 radical (unpaired) electrons. The Balaban J connectivity index is 1.88. The molecule has 0 atom stereocenters. The van der Waals surface area contributed by atoms with Gasteiger partial charge in [-0.25, -0.2) is 0 Å². The van der Waals surface area contributed by atoms with E-state index in [4.69, 9.17) is 4.74 Å². The van der Waals surface area contributed by atoms with Crippen molar-refractivity contribution in [3.05, 3.63) is 28.2 Å². The first-order valence-electron chi connectivity index (χ1n) is 7.38. The quantitative estimate of drug-likeness (QED) is 0.811. The average molecular weight is 358 g/mol. The summed E-state index contributed by atoms with van der Waals surface area (Å²) < 4.78 is 6.64. The van der Waals surface area contributed by atoms with Crippen molar-refractivity contribution in [2.24, 2.45) is 5.92 Å². The molecule has 1 fully saturated rings. The molecule has 1 aliphatic heterocycles. The lowest BCUT2D eigenvalue weighted by Gasteiger charge is -2.22. The molecule has 20 heavy (non-hydrogen) atoms. The van der Waals surface area contributed by atoms with Crippen LogP contribution in [0.15, 0.2) is 27.6 Å². The topological polar surface area (TPSA) is 21.3 Å². The summed E-state index contributed by atoms with van der Waals surface area (Å²) in [5.41, 5.74) is 1.34. The van der Waals surface area contributed by atoms with Crippen LogP contribution in [-0.2, 0) is 11.3 Å². The molecule has 0 saturated carbocycles. The van der Waals surface area contributed by atoms with E-state index in [1.54, 1.807) is 0 Å². The first-order chi connectivity index (χ1) is 9.65. The fraction of sp³-hybridized carbons (Fsp3) is 0.625. The molecule has 2 rings (SSSR count). The highest BCUT2D eigenvalue weighted by Crippen LogP contribution is 2.35. The van der Waals surface area contributed by atoms with Crippen LogP contribution in [0.3, 0.4) is 0 Å². The second-order valence-corrected chi connectivity index (χ2v) is 7.92. The van der Waals surface area contributed by atoms with E-state index in [2.05, 4.69) is 53.3 Å². The molecule has 0 aromatic heterocycles. The Morgan fingerprint density at radius 1 is 1.35 bits per heavy atom. The van der Waals surface area contributed by atoms with E-state index >= 15 is 0 Å². The van der Waals surface area contributed by atoms with Gasteiger partial charge in [0, 0.05) is 34.4 Å². The maximum Gasteiger partial charge on any atom is 0.0476 e. The Morgan fingerprint density at radius 3 is 2.75 bits per heavy atom. The van der Waals surface area contributed by atoms with Gasteiger partial charge in [0.1, 0.15) is 0 Å². The molecule has 0 bridgehead atoms. The van der Waals surface area contributed by atoms with E-state index in [9.17, 15) is 0 Å². The van der Waals surface area contributed by atoms with Gasteiger partial charge in [0.15, 0.2) is 0 Å². The standard InChI is InChI=1S/C16H24BrNOS/c1-12(2)10-18-11-13-3-4-16(15(17)9-13)20-14-5-7-19-8-6-14/h3-4,9,12,14,18H,5-8,10-11H2,1-2H3. The van der Waals surface area contributed by atoms with Gasteiger partial charge >= 0.3 is 0 Å². The monoisotopic (exact) mass is 357 g/mol. The van der Waals surface area contributed by atoms with Crippen LogP contribution in [0.5, 0.6) is 0 Å². The molecule has 1 aromatic rings. The first-order valence-corrected chi connectivity index (χ1v) is 9.06. The van der Waals surface area contributed by atoms with Gasteiger partial charge in [0.25, 0.3) is 0 Å². The molecule has 2 nitrogen and oxygen atoms in total. The van der Waals surface area contributed by atoms with Gasteiger partial charge in [-0.1, -0.05) is 19.9 Å². The number of hydrogen-bond donors (Lipinski definition) is 1. The van der Waals surface area contributed by atoms with Crippen LogP contribution in [0.2, 0.25) is 0 Å². The number of benzene rings is 1. The molecule has 0 aliphatic carbocycles. The van der Waals surface area contributed by atoms with Crippen molar-refractivity contribution in [2.75, 3.05) is 19.8 Å². The summed E-state index contributed by atoms with van der Waals surface area (Å²) in [5.74, 6) is 0.696. The molecule has 1 aliphatic rings. The molecule has 4 heteroatoms. The van der Waals surface area contributed by atoms with Crippen LogP contribution >= 0.6 is 27.7 Å². The van der Waals surface area contributed by atoms with E-state index in [0.717, 1.165) is 39.1 Å². The van der Waals surface area contributed by atoms with Crippen LogP contribution in [0.4, 0.5) is 0 Å². The van der Waals surface area contributed by atoms with Crippen molar-refractivity contribution < 1.29 is 4.74 Å². The third kappa shape index (κ3) is 5.40. The van der Waals surface area contributed by atoms with Crippen molar-refractivity contribution in [2.45, 2.75) is 43.4 Å². The minimum absolute atomic E-state index is 0.696. The molecule has 0 unspecified atom stereocenters. The molecule has 0 spiro atoms. The van der Waals surface area contributed by atoms with Crippen molar-refractivity contribution >= 4 is 27.7 Å². The Hall–Kier alpha value is -0.0300. The molecule has 1 saturated heterocycles. The lowest BCUT2D eigenvalue weighted by atomic mass is 10.2. The SMILES string of the molecule is CC(C)CNCc1ccc(SC2CCOCC2)c(Br)c1. The minimum Gasteiger partial charge on any atom is -0.381 e. The van der Waals surface area contributed by atoms with Crippen LogP contribution in [0.25, 0.3) is 0 Å². The molecular weight excluding hydrogens is 334 g/mol. The van der Waals surface area contributed by atoms with E-state index in [0.29, 0.717) is 11.2 Å². The smallest absolute Gasteiger partial charge is 0.0476 e.